The summed E-state index contributed by atoms with van der Waals surface area (Å²) in [5, 5.41) is 4.98. The second-order valence-corrected chi connectivity index (χ2v) is 7.83. The molecule has 0 aliphatic carbocycles. The van der Waals surface area contributed by atoms with Crippen LogP contribution < -0.4 is 10.6 Å². The molecule has 0 bridgehead atoms. The summed E-state index contributed by atoms with van der Waals surface area (Å²) in [5.41, 5.74) is -0.137. The lowest BCUT2D eigenvalue weighted by atomic mass is 9.97. The van der Waals surface area contributed by atoms with Gasteiger partial charge in [0.25, 0.3) is 0 Å². The first kappa shape index (κ1) is 22.5. The van der Waals surface area contributed by atoms with Crippen molar-refractivity contribution in [1.82, 2.24) is 15.5 Å². The summed E-state index contributed by atoms with van der Waals surface area (Å²) in [6.45, 7) is 7.84. The minimum Gasteiger partial charge on any atom is -0.463 e. The largest absolute Gasteiger partial charge is 0.463 e. The molecule has 0 unspecified atom stereocenters. The number of urea groups is 1. The normalized spacial score (nSPS) is 17.9. The molecule has 162 valence electrons. The molecule has 10 nitrogen and oxygen atoms in total. The van der Waals surface area contributed by atoms with E-state index in [2.05, 4.69) is 10.6 Å². The Hall–Kier alpha value is -2.78. The summed E-state index contributed by atoms with van der Waals surface area (Å²) in [6, 6.07) is -0.477. The summed E-state index contributed by atoms with van der Waals surface area (Å²) in [7, 11) is 0. The van der Waals surface area contributed by atoms with Crippen molar-refractivity contribution in [1.29, 1.82) is 0 Å². The smallest absolute Gasteiger partial charge is 0.410 e. The lowest BCUT2D eigenvalue weighted by Gasteiger charge is -2.32. The van der Waals surface area contributed by atoms with Crippen molar-refractivity contribution in [2.24, 2.45) is 5.92 Å². The van der Waals surface area contributed by atoms with Crippen LogP contribution in [0.4, 0.5) is 9.59 Å². The fourth-order valence-electron chi connectivity index (χ4n) is 2.95. The third kappa shape index (κ3) is 6.65. The van der Waals surface area contributed by atoms with Crippen molar-refractivity contribution >= 4 is 24.1 Å². The van der Waals surface area contributed by atoms with E-state index in [0.717, 1.165) is 0 Å². The quantitative estimate of drug-likeness (QED) is 0.516. The van der Waals surface area contributed by atoms with Crippen LogP contribution >= 0.6 is 0 Å². The van der Waals surface area contributed by atoms with Gasteiger partial charge < -0.3 is 29.7 Å². The van der Waals surface area contributed by atoms with Crippen molar-refractivity contribution in [3.63, 3.8) is 0 Å². The van der Waals surface area contributed by atoms with Crippen LogP contribution in [-0.4, -0.2) is 67.4 Å². The molecule has 10 heteroatoms. The fraction of sp³-hybridized carbons (Fsp3) is 0.684. The Morgan fingerprint density at radius 3 is 2.38 bits per heavy atom. The Morgan fingerprint density at radius 2 is 1.79 bits per heavy atom. The summed E-state index contributed by atoms with van der Waals surface area (Å²) < 4.78 is 15.6. The average Bonchev–Trinajstić information content (AvgIpc) is 2.65. The van der Waals surface area contributed by atoms with Crippen LogP contribution in [0.5, 0.6) is 0 Å². The maximum atomic E-state index is 12.4. The van der Waals surface area contributed by atoms with Crippen molar-refractivity contribution in [3.05, 3.63) is 11.3 Å². The molecule has 1 fully saturated rings. The van der Waals surface area contributed by atoms with E-state index in [-0.39, 0.29) is 36.9 Å². The zero-order valence-electron chi connectivity index (χ0n) is 17.3. The van der Waals surface area contributed by atoms with Gasteiger partial charge in [0, 0.05) is 13.1 Å². The zero-order chi connectivity index (χ0) is 21.6. The number of piperidine rings is 1. The number of nitrogens with one attached hydrogen (secondary N) is 2. The Bertz CT molecular complexity index is 688. The Morgan fingerprint density at radius 1 is 1.14 bits per heavy atom. The number of carbonyl (C=O) groups is 4. The van der Waals surface area contributed by atoms with Gasteiger partial charge in [-0.05, 0) is 40.5 Å². The zero-order valence-corrected chi connectivity index (χ0v) is 17.3. The van der Waals surface area contributed by atoms with Crippen LogP contribution in [0.15, 0.2) is 11.3 Å². The van der Waals surface area contributed by atoms with Gasteiger partial charge in [0.15, 0.2) is 0 Å². The Kier molecular flexibility index (Phi) is 7.46. The topological polar surface area (TPSA) is 123 Å². The monoisotopic (exact) mass is 411 g/mol. The predicted molar refractivity (Wildman–Crippen MR) is 102 cm³/mol. The first-order valence-electron chi connectivity index (χ1n) is 9.69. The van der Waals surface area contributed by atoms with Crippen LogP contribution in [0.1, 0.15) is 40.5 Å². The van der Waals surface area contributed by atoms with Crippen LogP contribution in [-0.2, 0) is 23.8 Å². The van der Waals surface area contributed by atoms with Gasteiger partial charge in [0.2, 0.25) is 0 Å². The van der Waals surface area contributed by atoms with Crippen LogP contribution in [0, 0.1) is 5.92 Å². The molecule has 0 aromatic carbocycles. The molecule has 0 aromatic heterocycles. The van der Waals surface area contributed by atoms with Crippen molar-refractivity contribution < 1.29 is 33.4 Å². The Labute approximate surface area is 169 Å². The molecule has 29 heavy (non-hydrogen) atoms. The third-order valence-corrected chi connectivity index (χ3v) is 4.42. The second-order valence-electron chi connectivity index (χ2n) is 7.83. The molecule has 1 saturated heterocycles. The molecule has 0 saturated carbocycles. The van der Waals surface area contributed by atoms with E-state index in [1.54, 1.807) is 32.6 Å². The molecule has 2 aliphatic rings. The van der Waals surface area contributed by atoms with E-state index in [9.17, 15) is 19.2 Å². The molecule has 2 rings (SSSR count). The van der Waals surface area contributed by atoms with Gasteiger partial charge in [-0.1, -0.05) is 0 Å². The van der Waals surface area contributed by atoms with Crippen molar-refractivity contribution in [3.8, 4) is 0 Å². The molecule has 3 amide bonds. The number of ether oxygens (including phenoxy) is 3. The third-order valence-electron chi connectivity index (χ3n) is 4.42. The summed E-state index contributed by atoms with van der Waals surface area (Å²) in [5.74, 6) is -1.37. The molecular formula is C19H29N3O7. The lowest BCUT2D eigenvalue weighted by molar-refractivity contribution is -0.149. The van der Waals surface area contributed by atoms with Gasteiger partial charge in [-0.25, -0.2) is 14.4 Å². The average molecular weight is 411 g/mol. The highest BCUT2D eigenvalue weighted by atomic mass is 16.6. The number of carbonyl (C=O) groups excluding carboxylic acids is 4. The Balaban J connectivity index is 1.88. The van der Waals surface area contributed by atoms with Gasteiger partial charge in [-0.15, -0.1) is 0 Å². The number of likely N-dealkylation sites (tertiary alicyclic amines) is 1. The minimum atomic E-state index is -0.573. The molecule has 2 aliphatic heterocycles. The second kappa shape index (κ2) is 9.62. The highest BCUT2D eigenvalue weighted by Crippen LogP contribution is 2.21. The van der Waals surface area contributed by atoms with Crippen LogP contribution in [0.2, 0.25) is 0 Å². The van der Waals surface area contributed by atoms with Gasteiger partial charge in [0.05, 0.1) is 30.3 Å². The molecule has 0 radical (unpaired) electrons. The van der Waals surface area contributed by atoms with E-state index >= 15 is 0 Å². The standard InChI is InChI=1S/C19H29N3O7/c1-5-27-16(24)13-10-20-17(25)21-14(13)11-28-15(23)12-6-8-22(9-7-12)18(26)29-19(2,3)4/h12H,5-11H2,1-4H3,(H2,20,21,25). The molecule has 0 aromatic rings. The number of hydrogen-bond acceptors (Lipinski definition) is 7. The van der Waals surface area contributed by atoms with Gasteiger partial charge in [-0.2, -0.15) is 0 Å². The number of hydrogen-bond donors (Lipinski definition) is 2. The van der Waals surface area contributed by atoms with Crippen LogP contribution in [0.3, 0.4) is 0 Å². The summed E-state index contributed by atoms with van der Waals surface area (Å²) >= 11 is 0. The first-order chi connectivity index (χ1) is 13.6. The van der Waals surface area contributed by atoms with E-state index in [1.807, 2.05) is 0 Å². The van der Waals surface area contributed by atoms with E-state index in [0.29, 0.717) is 25.9 Å². The molecule has 0 spiro atoms. The van der Waals surface area contributed by atoms with Crippen LogP contribution in [0.25, 0.3) is 0 Å². The molecular weight excluding hydrogens is 382 g/mol. The number of rotatable bonds is 5. The SMILES string of the molecule is CCOC(=O)C1=C(COC(=O)C2CCN(C(=O)OC(C)(C)C)CC2)NC(=O)NC1. The highest BCUT2D eigenvalue weighted by Gasteiger charge is 2.31. The van der Waals surface area contributed by atoms with Gasteiger partial charge in [0.1, 0.15) is 12.2 Å². The number of amides is 3. The maximum Gasteiger partial charge on any atom is 0.410 e. The summed E-state index contributed by atoms with van der Waals surface area (Å²) in [4.78, 5) is 49.6. The molecule has 2 heterocycles. The van der Waals surface area contributed by atoms with E-state index < -0.39 is 29.7 Å². The molecule has 2 N–H and O–H groups in total. The van der Waals surface area contributed by atoms with Gasteiger partial charge >= 0.3 is 24.1 Å². The predicted octanol–water partition coefficient (Wildman–Crippen LogP) is 1.31. The summed E-state index contributed by atoms with van der Waals surface area (Å²) in [6.07, 6.45) is 0.511. The maximum absolute atomic E-state index is 12.4. The van der Waals surface area contributed by atoms with E-state index in [4.69, 9.17) is 14.2 Å². The van der Waals surface area contributed by atoms with Gasteiger partial charge in [-0.3, -0.25) is 4.79 Å². The number of nitrogens with zero attached hydrogens (tertiary/aromatic N) is 1. The van der Waals surface area contributed by atoms with Crippen molar-refractivity contribution in [2.75, 3.05) is 32.8 Å². The highest BCUT2D eigenvalue weighted by molar-refractivity contribution is 5.93. The van der Waals surface area contributed by atoms with Crippen molar-refractivity contribution in [2.45, 2.75) is 46.1 Å². The fourth-order valence-corrected chi connectivity index (χ4v) is 2.95. The van der Waals surface area contributed by atoms with E-state index in [1.165, 1.54) is 0 Å². The number of esters is 2. The lowest BCUT2D eigenvalue weighted by Crippen LogP contribution is -2.45. The minimum absolute atomic E-state index is 0.00578. The first-order valence-corrected chi connectivity index (χ1v) is 9.69. The molecule has 0 atom stereocenters.